The fraction of sp³-hybridized carbons (Fsp3) is 0.211. The molecule has 1 aliphatic rings. The highest BCUT2D eigenvalue weighted by Crippen LogP contribution is 2.39. The van der Waals surface area contributed by atoms with E-state index in [4.69, 9.17) is 9.47 Å². The van der Waals surface area contributed by atoms with Crippen LogP contribution in [0.15, 0.2) is 41.9 Å². The maximum absolute atomic E-state index is 12.9. The number of methoxy groups -OCH3 is 2. The van der Waals surface area contributed by atoms with Gasteiger partial charge in [0.25, 0.3) is 5.91 Å². The van der Waals surface area contributed by atoms with Crippen molar-refractivity contribution in [3.8, 4) is 22.2 Å². The van der Waals surface area contributed by atoms with Crippen LogP contribution >= 0.6 is 11.3 Å². The van der Waals surface area contributed by atoms with Gasteiger partial charge >= 0.3 is 0 Å². The number of carbonyl (C=O) groups excluding carboxylic acids is 1. The van der Waals surface area contributed by atoms with Crippen molar-refractivity contribution in [2.75, 3.05) is 26.6 Å². The highest BCUT2D eigenvalue weighted by atomic mass is 32.1. The molecule has 0 fully saturated rings. The molecule has 3 aromatic rings. The molecule has 1 amide bonds. The van der Waals surface area contributed by atoms with Gasteiger partial charge in [-0.1, -0.05) is 6.07 Å². The van der Waals surface area contributed by atoms with E-state index < -0.39 is 0 Å². The van der Waals surface area contributed by atoms with Crippen molar-refractivity contribution in [3.63, 3.8) is 0 Å². The molecule has 0 saturated carbocycles. The maximum Gasteiger partial charge on any atom is 0.257 e. The lowest BCUT2D eigenvalue weighted by molar-refractivity contribution is 0.0732. The van der Waals surface area contributed by atoms with Crippen molar-refractivity contribution in [2.24, 2.45) is 0 Å². The number of nitrogens with one attached hydrogen (secondary N) is 1. The second-order valence-corrected chi connectivity index (χ2v) is 6.87. The third-order valence-electron chi connectivity index (χ3n) is 4.44. The zero-order valence-corrected chi connectivity index (χ0v) is 15.9. The number of amides is 1. The van der Waals surface area contributed by atoms with Gasteiger partial charge in [-0.15, -0.1) is 11.3 Å². The molecule has 1 atom stereocenters. The van der Waals surface area contributed by atoms with Gasteiger partial charge in [0.05, 0.1) is 36.9 Å². The van der Waals surface area contributed by atoms with Crippen molar-refractivity contribution in [2.45, 2.75) is 6.17 Å². The van der Waals surface area contributed by atoms with Crippen molar-refractivity contribution >= 4 is 22.9 Å². The average molecular weight is 382 g/mol. The number of thiazole rings is 1. The van der Waals surface area contributed by atoms with Gasteiger partial charge in [0.1, 0.15) is 11.2 Å². The molecular formula is C19H18N4O3S. The smallest absolute Gasteiger partial charge is 0.257 e. The fourth-order valence-electron chi connectivity index (χ4n) is 3.02. The quantitative estimate of drug-likeness (QED) is 0.745. The lowest BCUT2D eigenvalue weighted by Gasteiger charge is -2.34. The number of pyridine rings is 1. The van der Waals surface area contributed by atoms with E-state index in [-0.39, 0.29) is 12.1 Å². The molecule has 2 aromatic heterocycles. The second-order valence-electron chi connectivity index (χ2n) is 6.01. The predicted octanol–water partition coefficient (Wildman–Crippen LogP) is 3.42. The van der Waals surface area contributed by atoms with Gasteiger partial charge in [0.2, 0.25) is 0 Å². The topological polar surface area (TPSA) is 76.6 Å². The Kier molecular flexibility index (Phi) is 4.41. The van der Waals surface area contributed by atoms with Crippen LogP contribution in [-0.4, -0.2) is 42.0 Å². The Hall–Kier alpha value is -3.13. The minimum atomic E-state index is -0.378. The summed E-state index contributed by atoms with van der Waals surface area (Å²) in [5.41, 5.74) is 2.79. The zero-order valence-electron chi connectivity index (χ0n) is 15.1. The van der Waals surface area contributed by atoms with Crippen LogP contribution in [0, 0.1) is 0 Å². The summed E-state index contributed by atoms with van der Waals surface area (Å²) in [6, 6.07) is 9.17. The van der Waals surface area contributed by atoms with E-state index >= 15 is 0 Å². The molecule has 4 rings (SSSR count). The zero-order chi connectivity index (χ0) is 19.0. The first-order valence-electron chi connectivity index (χ1n) is 8.29. The molecule has 8 heteroatoms. The molecule has 138 valence electrons. The van der Waals surface area contributed by atoms with Crippen LogP contribution in [0.5, 0.6) is 11.5 Å². The van der Waals surface area contributed by atoms with Crippen molar-refractivity contribution in [1.29, 1.82) is 0 Å². The maximum atomic E-state index is 12.9. The third kappa shape index (κ3) is 2.97. The molecule has 0 bridgehead atoms. The van der Waals surface area contributed by atoms with Crippen LogP contribution in [-0.2, 0) is 0 Å². The summed E-state index contributed by atoms with van der Waals surface area (Å²) < 4.78 is 10.7. The molecule has 3 heterocycles. The minimum absolute atomic E-state index is 0.109. The van der Waals surface area contributed by atoms with Gasteiger partial charge < -0.3 is 19.7 Å². The van der Waals surface area contributed by atoms with Crippen LogP contribution in [0.3, 0.4) is 0 Å². The summed E-state index contributed by atoms with van der Waals surface area (Å²) >= 11 is 1.50. The summed E-state index contributed by atoms with van der Waals surface area (Å²) in [7, 11) is 4.86. The van der Waals surface area contributed by atoms with E-state index in [9.17, 15) is 4.79 Å². The first-order valence-corrected chi connectivity index (χ1v) is 9.17. The van der Waals surface area contributed by atoms with E-state index in [1.54, 1.807) is 44.5 Å². The lowest BCUT2D eigenvalue weighted by atomic mass is 10.1. The molecule has 0 aliphatic carbocycles. The Bertz CT molecular complexity index is 990. The third-order valence-corrected chi connectivity index (χ3v) is 5.32. The number of hydrogen-bond donors (Lipinski definition) is 1. The van der Waals surface area contributed by atoms with Crippen LogP contribution < -0.4 is 14.8 Å². The normalized spacial score (nSPS) is 15.9. The van der Waals surface area contributed by atoms with Crippen LogP contribution in [0.25, 0.3) is 10.7 Å². The Morgan fingerprint density at radius 3 is 2.67 bits per heavy atom. The number of hydrogen-bond acceptors (Lipinski definition) is 7. The second kappa shape index (κ2) is 6.88. The van der Waals surface area contributed by atoms with Gasteiger partial charge in [-0.3, -0.25) is 9.78 Å². The van der Waals surface area contributed by atoms with Gasteiger partial charge in [-0.2, -0.15) is 0 Å². The Morgan fingerprint density at radius 1 is 1.19 bits per heavy atom. The van der Waals surface area contributed by atoms with Gasteiger partial charge in [0.15, 0.2) is 11.5 Å². The van der Waals surface area contributed by atoms with Crippen LogP contribution in [0.2, 0.25) is 0 Å². The summed E-state index contributed by atoms with van der Waals surface area (Å²) in [5.74, 6) is 0.971. The molecular weight excluding hydrogens is 364 g/mol. The molecule has 0 unspecified atom stereocenters. The van der Waals surface area contributed by atoms with Crippen molar-refractivity contribution in [3.05, 3.63) is 53.2 Å². The number of rotatable bonds is 4. The van der Waals surface area contributed by atoms with Gasteiger partial charge in [0, 0.05) is 24.7 Å². The predicted molar refractivity (Wildman–Crippen MR) is 103 cm³/mol. The monoisotopic (exact) mass is 382 g/mol. The van der Waals surface area contributed by atoms with E-state index in [1.165, 1.54) is 11.3 Å². The molecule has 1 aromatic carbocycles. The average Bonchev–Trinajstić information content (AvgIpc) is 3.20. The van der Waals surface area contributed by atoms with E-state index in [2.05, 4.69) is 15.3 Å². The Morgan fingerprint density at radius 2 is 1.96 bits per heavy atom. The Labute approximate surface area is 160 Å². The van der Waals surface area contributed by atoms with E-state index in [1.807, 2.05) is 23.6 Å². The van der Waals surface area contributed by atoms with Crippen LogP contribution in [0.1, 0.15) is 22.2 Å². The standard InChI is InChI=1S/C19H18N4O3S/c1-23-17(14-10-27-18(22-14)12-6-4-5-7-20-12)21-13-9-16(26-3)15(25-2)8-11(13)19(23)24/h4-10,17,21H,1-3H3/t17-/m1/s1. The van der Waals surface area contributed by atoms with Gasteiger partial charge in [-0.25, -0.2) is 4.98 Å². The summed E-state index contributed by atoms with van der Waals surface area (Å²) in [4.78, 5) is 23.5. The number of ether oxygens (including phenoxy) is 2. The largest absolute Gasteiger partial charge is 0.493 e. The number of benzene rings is 1. The van der Waals surface area contributed by atoms with E-state index in [0.29, 0.717) is 22.7 Å². The summed E-state index contributed by atoms with van der Waals surface area (Å²) in [6.07, 6.45) is 1.36. The van der Waals surface area contributed by atoms with E-state index in [0.717, 1.165) is 16.4 Å². The Balaban J connectivity index is 1.70. The SMILES string of the molecule is COc1cc2c(cc1OC)C(=O)N(C)[C@H](c1csc(-c3ccccn3)n1)N2. The molecule has 0 saturated heterocycles. The molecule has 7 nitrogen and oxygen atoms in total. The first kappa shape index (κ1) is 17.3. The number of anilines is 1. The molecule has 27 heavy (non-hydrogen) atoms. The van der Waals surface area contributed by atoms with Crippen molar-refractivity contribution in [1.82, 2.24) is 14.9 Å². The van der Waals surface area contributed by atoms with Crippen molar-refractivity contribution < 1.29 is 14.3 Å². The molecule has 1 N–H and O–H groups in total. The summed E-state index contributed by atoms with van der Waals surface area (Å²) in [6.45, 7) is 0. The highest BCUT2D eigenvalue weighted by Gasteiger charge is 2.33. The lowest BCUT2D eigenvalue weighted by Crippen LogP contribution is -2.40. The van der Waals surface area contributed by atoms with Crippen LogP contribution in [0.4, 0.5) is 5.69 Å². The molecule has 1 aliphatic heterocycles. The van der Waals surface area contributed by atoms with Gasteiger partial charge in [-0.05, 0) is 18.2 Å². The minimum Gasteiger partial charge on any atom is -0.493 e. The molecule has 0 radical (unpaired) electrons. The number of fused-ring (bicyclic) bond motifs is 1. The number of carbonyl (C=O) groups is 1. The summed E-state index contributed by atoms with van der Waals surface area (Å²) in [5, 5.41) is 6.13. The number of aromatic nitrogens is 2. The fourth-order valence-corrected chi connectivity index (χ4v) is 3.83. The number of nitrogens with zero attached hydrogens (tertiary/aromatic N) is 3. The highest BCUT2D eigenvalue weighted by molar-refractivity contribution is 7.13. The first-order chi connectivity index (χ1) is 13.1. The molecule has 0 spiro atoms.